The lowest BCUT2D eigenvalue weighted by Gasteiger charge is -2.09. The quantitative estimate of drug-likeness (QED) is 0.824. The highest BCUT2D eigenvalue weighted by atomic mass is 79.9. The third-order valence-corrected chi connectivity index (χ3v) is 4.01. The van der Waals surface area contributed by atoms with Crippen LogP contribution in [0.1, 0.15) is 11.3 Å². The first kappa shape index (κ1) is 13.3. The lowest BCUT2D eigenvalue weighted by Crippen LogP contribution is -2.23. The van der Waals surface area contributed by atoms with Crippen molar-refractivity contribution in [3.63, 3.8) is 0 Å². The fraction of sp³-hybridized carbons (Fsp3) is 0.167. The molecule has 0 saturated heterocycles. The van der Waals surface area contributed by atoms with Gasteiger partial charge in [0.1, 0.15) is 4.47 Å². The first-order valence-corrected chi connectivity index (χ1v) is 6.83. The Bertz CT molecular complexity index is 652. The van der Waals surface area contributed by atoms with E-state index in [1.807, 2.05) is 18.2 Å². The van der Waals surface area contributed by atoms with Gasteiger partial charge in [0.2, 0.25) is 0 Å². The van der Waals surface area contributed by atoms with Crippen LogP contribution < -0.4 is 11.3 Å². The summed E-state index contributed by atoms with van der Waals surface area (Å²) in [5, 5.41) is 0. The van der Waals surface area contributed by atoms with E-state index in [2.05, 4.69) is 36.8 Å². The van der Waals surface area contributed by atoms with Gasteiger partial charge in [-0.3, -0.25) is 9.36 Å². The number of halogens is 2. The number of aryl methyl sites for hydroxylation is 1. The van der Waals surface area contributed by atoms with E-state index in [4.69, 9.17) is 5.73 Å². The van der Waals surface area contributed by atoms with Crippen molar-refractivity contribution >= 4 is 37.5 Å². The molecule has 0 bridgehead atoms. The number of rotatable bonds is 2. The molecule has 4 nitrogen and oxygen atoms in total. The molecule has 1 aromatic carbocycles. The van der Waals surface area contributed by atoms with Gasteiger partial charge in [-0.2, -0.15) is 0 Å². The molecule has 2 aromatic rings. The lowest BCUT2D eigenvalue weighted by molar-refractivity contribution is 0.725. The molecule has 0 amide bonds. The van der Waals surface area contributed by atoms with Gasteiger partial charge in [0.15, 0.2) is 0 Å². The molecule has 0 saturated carbocycles. The van der Waals surface area contributed by atoms with Gasteiger partial charge >= 0.3 is 0 Å². The fourth-order valence-electron chi connectivity index (χ4n) is 1.55. The number of nitrogen functional groups attached to an aromatic ring is 1. The summed E-state index contributed by atoms with van der Waals surface area (Å²) >= 11 is 6.59. The topological polar surface area (TPSA) is 60.9 Å². The van der Waals surface area contributed by atoms with Gasteiger partial charge in [-0.1, -0.05) is 22.0 Å². The minimum atomic E-state index is -0.107. The largest absolute Gasteiger partial charge is 0.398 e. The number of hydrogen-bond acceptors (Lipinski definition) is 3. The van der Waals surface area contributed by atoms with Crippen LogP contribution in [-0.4, -0.2) is 9.55 Å². The van der Waals surface area contributed by atoms with Crippen LogP contribution in [0.5, 0.6) is 0 Å². The van der Waals surface area contributed by atoms with Crippen LogP contribution in [0.3, 0.4) is 0 Å². The van der Waals surface area contributed by atoms with Crippen molar-refractivity contribution in [1.82, 2.24) is 9.55 Å². The van der Waals surface area contributed by atoms with Gasteiger partial charge in [-0.15, -0.1) is 0 Å². The highest BCUT2D eigenvalue weighted by molar-refractivity contribution is 9.10. The van der Waals surface area contributed by atoms with E-state index in [0.29, 0.717) is 22.4 Å². The SMILES string of the molecule is Cc1ncn(Cc2ccc(Br)cc2N)c(=O)c1Br. The maximum Gasteiger partial charge on any atom is 0.268 e. The summed E-state index contributed by atoms with van der Waals surface area (Å²) in [7, 11) is 0. The van der Waals surface area contributed by atoms with Gasteiger partial charge in [0, 0.05) is 10.2 Å². The van der Waals surface area contributed by atoms with Crippen LogP contribution in [0.25, 0.3) is 0 Å². The molecule has 0 spiro atoms. The minimum Gasteiger partial charge on any atom is -0.398 e. The van der Waals surface area contributed by atoms with E-state index >= 15 is 0 Å². The molecule has 2 rings (SSSR count). The Kier molecular flexibility index (Phi) is 3.87. The van der Waals surface area contributed by atoms with Crippen LogP contribution in [0.4, 0.5) is 5.69 Å². The number of nitrogens with two attached hydrogens (primary N) is 1. The monoisotopic (exact) mass is 371 g/mol. The average Bonchev–Trinajstić information content (AvgIpc) is 2.33. The molecule has 18 heavy (non-hydrogen) atoms. The summed E-state index contributed by atoms with van der Waals surface area (Å²) in [6.45, 7) is 2.19. The summed E-state index contributed by atoms with van der Waals surface area (Å²) in [5.41, 5.74) is 8.02. The second kappa shape index (κ2) is 5.24. The Morgan fingerprint density at radius 2 is 2.11 bits per heavy atom. The Balaban J connectivity index is 2.41. The predicted octanol–water partition coefficient (Wildman–Crippen LogP) is 2.71. The maximum absolute atomic E-state index is 12.0. The zero-order chi connectivity index (χ0) is 13.3. The predicted molar refractivity (Wildman–Crippen MR) is 78.6 cm³/mol. The summed E-state index contributed by atoms with van der Waals surface area (Å²) in [4.78, 5) is 16.1. The Morgan fingerprint density at radius 3 is 2.78 bits per heavy atom. The van der Waals surface area contributed by atoms with Gasteiger partial charge < -0.3 is 5.73 Å². The summed E-state index contributed by atoms with van der Waals surface area (Å²) < 4.78 is 2.93. The highest BCUT2D eigenvalue weighted by Crippen LogP contribution is 2.19. The molecular formula is C12H11Br2N3O. The van der Waals surface area contributed by atoms with Crippen molar-refractivity contribution < 1.29 is 0 Å². The molecule has 0 aliphatic heterocycles. The van der Waals surface area contributed by atoms with E-state index in [1.54, 1.807) is 6.92 Å². The Hall–Kier alpha value is -1.14. The summed E-state index contributed by atoms with van der Waals surface area (Å²) in [6.07, 6.45) is 1.53. The number of nitrogens with zero attached hydrogens (tertiary/aromatic N) is 2. The van der Waals surface area contributed by atoms with E-state index in [0.717, 1.165) is 10.0 Å². The molecule has 0 radical (unpaired) electrons. The average molecular weight is 373 g/mol. The van der Waals surface area contributed by atoms with Gasteiger partial charge in [-0.05, 0) is 40.5 Å². The van der Waals surface area contributed by atoms with Crippen molar-refractivity contribution in [2.45, 2.75) is 13.5 Å². The van der Waals surface area contributed by atoms with Gasteiger partial charge in [-0.25, -0.2) is 4.98 Å². The molecule has 0 fully saturated rings. The highest BCUT2D eigenvalue weighted by Gasteiger charge is 2.07. The molecule has 1 aromatic heterocycles. The molecule has 0 atom stereocenters. The molecule has 6 heteroatoms. The van der Waals surface area contributed by atoms with E-state index in [9.17, 15) is 4.79 Å². The van der Waals surface area contributed by atoms with E-state index in [1.165, 1.54) is 10.9 Å². The zero-order valence-corrected chi connectivity index (χ0v) is 12.8. The smallest absolute Gasteiger partial charge is 0.268 e. The van der Waals surface area contributed by atoms with Crippen molar-refractivity contribution in [2.24, 2.45) is 0 Å². The maximum atomic E-state index is 12.0. The lowest BCUT2D eigenvalue weighted by atomic mass is 10.2. The Labute approximate surface area is 121 Å². The first-order valence-electron chi connectivity index (χ1n) is 5.24. The zero-order valence-electron chi connectivity index (χ0n) is 9.65. The number of hydrogen-bond donors (Lipinski definition) is 1. The normalized spacial score (nSPS) is 10.6. The number of benzene rings is 1. The summed E-state index contributed by atoms with van der Waals surface area (Å²) in [6, 6.07) is 5.60. The molecule has 0 aliphatic carbocycles. The van der Waals surface area contributed by atoms with E-state index < -0.39 is 0 Å². The fourth-order valence-corrected chi connectivity index (χ4v) is 2.26. The van der Waals surface area contributed by atoms with E-state index in [-0.39, 0.29) is 5.56 Å². The van der Waals surface area contributed by atoms with Crippen LogP contribution in [0.15, 0.2) is 38.3 Å². The third-order valence-electron chi connectivity index (χ3n) is 2.61. The molecule has 94 valence electrons. The molecule has 0 aliphatic rings. The second-order valence-electron chi connectivity index (χ2n) is 3.92. The van der Waals surface area contributed by atoms with Gasteiger partial charge in [0.05, 0.1) is 18.6 Å². The molecular weight excluding hydrogens is 362 g/mol. The van der Waals surface area contributed by atoms with Crippen LogP contribution >= 0.6 is 31.9 Å². The molecule has 2 N–H and O–H groups in total. The van der Waals surface area contributed by atoms with Crippen LogP contribution in [0.2, 0.25) is 0 Å². The third kappa shape index (κ3) is 2.64. The second-order valence-corrected chi connectivity index (χ2v) is 5.63. The van der Waals surface area contributed by atoms with Crippen molar-refractivity contribution in [3.8, 4) is 0 Å². The standard InChI is InChI=1S/C12H11Br2N3O/c1-7-11(14)12(18)17(6-16-7)5-8-2-3-9(13)4-10(8)15/h2-4,6H,5,15H2,1H3. The minimum absolute atomic E-state index is 0.107. The molecule has 0 unspecified atom stereocenters. The first-order chi connectivity index (χ1) is 8.49. The van der Waals surface area contributed by atoms with Crippen molar-refractivity contribution in [2.75, 3.05) is 5.73 Å². The Morgan fingerprint density at radius 1 is 1.39 bits per heavy atom. The van der Waals surface area contributed by atoms with Crippen LogP contribution in [0, 0.1) is 6.92 Å². The van der Waals surface area contributed by atoms with Crippen molar-refractivity contribution in [3.05, 3.63) is 55.1 Å². The number of anilines is 1. The van der Waals surface area contributed by atoms with Gasteiger partial charge in [0.25, 0.3) is 5.56 Å². The van der Waals surface area contributed by atoms with Crippen LogP contribution in [-0.2, 0) is 6.54 Å². The summed E-state index contributed by atoms with van der Waals surface area (Å²) in [5.74, 6) is 0. The molecule has 1 heterocycles. The number of aromatic nitrogens is 2. The van der Waals surface area contributed by atoms with Crippen molar-refractivity contribution in [1.29, 1.82) is 0 Å².